The highest BCUT2D eigenvalue weighted by Crippen LogP contribution is 2.36. The van der Waals surface area contributed by atoms with Crippen LogP contribution in [0.15, 0.2) is 9.66 Å². The van der Waals surface area contributed by atoms with Crippen LogP contribution in [0.5, 0.6) is 0 Å². The smallest absolute Gasteiger partial charge is 0.192 e. The van der Waals surface area contributed by atoms with Gasteiger partial charge < -0.3 is 4.43 Å². The number of rotatable bonds is 3. The molecule has 1 nitrogen and oxygen atoms in total. The molecule has 13 heavy (non-hydrogen) atoms. The highest BCUT2D eigenvalue weighted by atomic mass is 127. The molecule has 0 heterocycles. The third-order valence-electron chi connectivity index (χ3n) is 2.61. The Morgan fingerprint density at radius 1 is 1.38 bits per heavy atom. The second-order valence-corrected chi connectivity index (χ2v) is 11.4. The second kappa shape index (κ2) is 4.93. The Morgan fingerprint density at radius 3 is 2.15 bits per heavy atom. The normalized spacial score (nSPS) is 14.8. The molecule has 78 valence electrons. The minimum Gasteiger partial charge on any atom is -0.413 e. The second-order valence-electron chi connectivity index (χ2n) is 4.86. The molecule has 0 radical (unpaired) electrons. The van der Waals surface area contributed by atoms with Crippen molar-refractivity contribution in [2.24, 2.45) is 0 Å². The van der Waals surface area contributed by atoms with Crippen molar-refractivity contribution in [1.29, 1.82) is 0 Å². The van der Waals surface area contributed by atoms with Crippen molar-refractivity contribution in [2.45, 2.75) is 45.8 Å². The first-order chi connectivity index (χ1) is 5.67. The van der Waals surface area contributed by atoms with Crippen molar-refractivity contribution in [3.63, 3.8) is 0 Å². The van der Waals surface area contributed by atoms with E-state index in [2.05, 4.69) is 69.5 Å². The first kappa shape index (κ1) is 13.6. The summed E-state index contributed by atoms with van der Waals surface area (Å²) in [6.07, 6.45) is 2.14. The molecule has 0 aliphatic carbocycles. The van der Waals surface area contributed by atoms with Gasteiger partial charge in [-0.05, 0) is 51.2 Å². The van der Waals surface area contributed by atoms with Gasteiger partial charge in [0, 0.05) is 0 Å². The molecule has 0 aromatic carbocycles. The molecule has 0 atom stereocenters. The van der Waals surface area contributed by atoms with Crippen LogP contribution in [-0.4, -0.2) is 14.9 Å². The molecule has 0 saturated carbocycles. The molecule has 3 heteroatoms. The molecule has 0 saturated heterocycles. The summed E-state index contributed by atoms with van der Waals surface area (Å²) in [5.74, 6) is 0. The van der Waals surface area contributed by atoms with Crippen molar-refractivity contribution in [1.82, 2.24) is 0 Å². The predicted octanol–water partition coefficient (Wildman–Crippen LogP) is 4.35. The first-order valence-corrected chi connectivity index (χ1v) is 8.62. The molecule has 0 unspecified atom stereocenters. The van der Waals surface area contributed by atoms with Crippen molar-refractivity contribution in [3.8, 4) is 0 Å². The van der Waals surface area contributed by atoms with Gasteiger partial charge in [0.05, 0.1) is 6.61 Å². The molecule has 0 rings (SSSR count). The van der Waals surface area contributed by atoms with E-state index in [-0.39, 0.29) is 0 Å². The third-order valence-corrected chi connectivity index (χ3v) is 7.56. The molecule has 0 amide bonds. The van der Waals surface area contributed by atoms with Gasteiger partial charge >= 0.3 is 0 Å². The highest BCUT2D eigenvalue weighted by molar-refractivity contribution is 14.1. The third kappa shape index (κ3) is 5.17. The average molecular weight is 312 g/mol. The molecule has 0 aromatic rings. The standard InChI is InChI=1S/C10H21IOSi/c1-9(11)7-8-12-13(5,6)10(2,3)4/h7H,8H2,1-6H3/b9-7-. The van der Waals surface area contributed by atoms with Gasteiger partial charge in [-0.3, -0.25) is 0 Å². The summed E-state index contributed by atoms with van der Waals surface area (Å²) in [5.41, 5.74) is 0. The summed E-state index contributed by atoms with van der Waals surface area (Å²) in [6.45, 7) is 14.2. The Bertz CT molecular complexity index is 188. The Hall–Kier alpha value is 0.647. The maximum atomic E-state index is 5.96. The Morgan fingerprint density at radius 2 is 1.85 bits per heavy atom. The molecular formula is C10H21IOSi. The molecule has 0 aliphatic rings. The van der Waals surface area contributed by atoms with E-state index in [1.807, 2.05) is 0 Å². The van der Waals surface area contributed by atoms with E-state index >= 15 is 0 Å². The number of allylic oxidation sites excluding steroid dienone is 1. The topological polar surface area (TPSA) is 9.23 Å². The number of hydrogen-bond donors (Lipinski definition) is 0. The van der Waals surface area contributed by atoms with Crippen LogP contribution in [0, 0.1) is 0 Å². The summed E-state index contributed by atoms with van der Waals surface area (Å²) in [7, 11) is -1.52. The molecule has 0 bridgehead atoms. The molecule has 0 spiro atoms. The van der Waals surface area contributed by atoms with E-state index in [1.54, 1.807) is 0 Å². The molecule has 0 aromatic heterocycles. The van der Waals surface area contributed by atoms with Crippen molar-refractivity contribution in [2.75, 3.05) is 6.61 Å². The molecule has 0 aliphatic heterocycles. The van der Waals surface area contributed by atoms with E-state index in [1.165, 1.54) is 3.58 Å². The summed E-state index contributed by atoms with van der Waals surface area (Å²) in [4.78, 5) is 0. The zero-order chi connectivity index (χ0) is 10.7. The fraction of sp³-hybridized carbons (Fsp3) is 0.800. The lowest BCUT2D eigenvalue weighted by molar-refractivity contribution is 0.328. The van der Waals surface area contributed by atoms with Gasteiger partial charge in [-0.15, -0.1) is 0 Å². The monoisotopic (exact) mass is 312 g/mol. The summed E-state index contributed by atoms with van der Waals surface area (Å²) >= 11 is 2.31. The maximum absolute atomic E-state index is 5.96. The fourth-order valence-electron chi connectivity index (χ4n) is 0.581. The van der Waals surface area contributed by atoms with Gasteiger partial charge in [0.2, 0.25) is 0 Å². The maximum Gasteiger partial charge on any atom is 0.192 e. The van der Waals surface area contributed by atoms with Crippen LogP contribution in [0.4, 0.5) is 0 Å². The molecule has 0 fully saturated rings. The Kier molecular flexibility index (Phi) is 5.18. The van der Waals surface area contributed by atoms with Crippen LogP contribution in [-0.2, 0) is 4.43 Å². The Labute approximate surface area is 97.2 Å². The summed E-state index contributed by atoms with van der Waals surface area (Å²) in [6, 6.07) is 0. The zero-order valence-electron chi connectivity index (χ0n) is 9.57. The van der Waals surface area contributed by atoms with E-state index in [4.69, 9.17) is 4.43 Å². The van der Waals surface area contributed by atoms with Crippen molar-refractivity contribution in [3.05, 3.63) is 9.66 Å². The summed E-state index contributed by atoms with van der Waals surface area (Å²) in [5, 5.41) is 0.319. The SMILES string of the molecule is C/C(I)=C/CO[Si](C)(C)C(C)(C)C. The van der Waals surface area contributed by atoms with Gasteiger partial charge in [-0.2, -0.15) is 0 Å². The van der Waals surface area contributed by atoms with E-state index in [9.17, 15) is 0 Å². The Balaban J connectivity index is 4.12. The molecule has 0 N–H and O–H groups in total. The fourth-order valence-corrected chi connectivity index (χ4v) is 1.69. The van der Waals surface area contributed by atoms with Crippen LogP contribution in [0.1, 0.15) is 27.7 Å². The lowest BCUT2D eigenvalue weighted by Gasteiger charge is -2.35. The zero-order valence-corrected chi connectivity index (χ0v) is 12.7. The minimum absolute atomic E-state index is 0.319. The largest absolute Gasteiger partial charge is 0.413 e. The quantitative estimate of drug-likeness (QED) is 0.556. The van der Waals surface area contributed by atoms with Crippen LogP contribution >= 0.6 is 22.6 Å². The first-order valence-electron chi connectivity index (χ1n) is 4.63. The lowest BCUT2D eigenvalue weighted by atomic mass is 10.2. The van der Waals surface area contributed by atoms with Gasteiger partial charge in [0.25, 0.3) is 0 Å². The minimum atomic E-state index is -1.52. The van der Waals surface area contributed by atoms with Gasteiger partial charge in [-0.25, -0.2) is 0 Å². The molecular weight excluding hydrogens is 291 g/mol. The average Bonchev–Trinajstić information content (AvgIpc) is 1.82. The van der Waals surface area contributed by atoms with Crippen LogP contribution < -0.4 is 0 Å². The van der Waals surface area contributed by atoms with Crippen molar-refractivity contribution < 1.29 is 4.43 Å². The van der Waals surface area contributed by atoms with Crippen LogP contribution in [0.3, 0.4) is 0 Å². The van der Waals surface area contributed by atoms with Gasteiger partial charge in [0.1, 0.15) is 0 Å². The van der Waals surface area contributed by atoms with Crippen LogP contribution in [0.25, 0.3) is 0 Å². The van der Waals surface area contributed by atoms with Gasteiger partial charge in [-0.1, -0.05) is 26.8 Å². The van der Waals surface area contributed by atoms with E-state index < -0.39 is 8.32 Å². The highest BCUT2D eigenvalue weighted by Gasteiger charge is 2.36. The van der Waals surface area contributed by atoms with E-state index in [0.717, 1.165) is 6.61 Å². The lowest BCUT2D eigenvalue weighted by Crippen LogP contribution is -2.40. The van der Waals surface area contributed by atoms with Gasteiger partial charge in [0.15, 0.2) is 8.32 Å². The van der Waals surface area contributed by atoms with E-state index in [0.29, 0.717) is 5.04 Å². The number of halogens is 1. The predicted molar refractivity (Wildman–Crippen MR) is 70.9 cm³/mol. The number of hydrogen-bond acceptors (Lipinski definition) is 1. The van der Waals surface area contributed by atoms with Crippen molar-refractivity contribution >= 4 is 30.9 Å². The summed E-state index contributed by atoms with van der Waals surface area (Å²) < 4.78 is 7.26. The van der Waals surface area contributed by atoms with Crippen LogP contribution in [0.2, 0.25) is 18.1 Å².